The van der Waals surface area contributed by atoms with E-state index >= 15 is 0 Å². The number of guanidine groups is 1. The summed E-state index contributed by atoms with van der Waals surface area (Å²) in [7, 11) is 1.91. The minimum absolute atomic E-state index is 1.04. The topological polar surface area (TPSA) is 34.1 Å². The third kappa shape index (κ3) is 5.88. The Morgan fingerprint density at radius 2 is 1.85 bits per heavy atom. The van der Waals surface area contributed by atoms with E-state index in [1.165, 1.54) is 63.2 Å². The number of unbranched alkanes of at least 4 members (excludes halogenated alkanes) is 2. The highest BCUT2D eigenvalue weighted by Gasteiger charge is 2.20. The molecule has 0 unspecified atom stereocenters. The lowest BCUT2D eigenvalue weighted by Gasteiger charge is -2.37. The van der Waals surface area contributed by atoms with Gasteiger partial charge in [-0.25, -0.2) is 0 Å². The van der Waals surface area contributed by atoms with Crippen LogP contribution >= 0.6 is 11.3 Å². The number of anilines is 1. The summed E-state index contributed by atoms with van der Waals surface area (Å²) in [4.78, 5) is 12.0. The first-order valence-corrected chi connectivity index (χ1v) is 11.2. The fourth-order valence-electron chi connectivity index (χ4n) is 3.94. The first kappa shape index (κ1) is 19.5. The van der Waals surface area contributed by atoms with Crippen molar-refractivity contribution in [2.75, 3.05) is 64.3 Å². The monoisotopic (exact) mass is 377 g/mol. The van der Waals surface area contributed by atoms with Gasteiger partial charge in [-0.3, -0.25) is 4.99 Å². The Morgan fingerprint density at radius 1 is 1.04 bits per heavy atom. The van der Waals surface area contributed by atoms with Crippen LogP contribution in [0.5, 0.6) is 0 Å². The number of rotatable bonds is 7. The maximum Gasteiger partial charge on any atom is 0.193 e. The van der Waals surface area contributed by atoms with Gasteiger partial charge in [-0.2, -0.15) is 0 Å². The number of piperidine rings is 1. The Kier molecular flexibility index (Phi) is 8.08. The van der Waals surface area contributed by atoms with Crippen LogP contribution in [-0.2, 0) is 0 Å². The molecule has 0 spiro atoms. The van der Waals surface area contributed by atoms with E-state index < -0.39 is 0 Å². The summed E-state index contributed by atoms with van der Waals surface area (Å²) in [5.74, 6) is 1.08. The lowest BCUT2D eigenvalue weighted by Crippen LogP contribution is -2.52. The predicted octanol–water partition coefficient (Wildman–Crippen LogP) is 3.10. The fourth-order valence-corrected chi connectivity index (χ4v) is 4.73. The first-order chi connectivity index (χ1) is 12.9. The van der Waals surface area contributed by atoms with E-state index in [-0.39, 0.29) is 0 Å². The molecule has 0 atom stereocenters. The molecule has 6 heteroatoms. The van der Waals surface area contributed by atoms with Crippen molar-refractivity contribution < 1.29 is 0 Å². The van der Waals surface area contributed by atoms with Crippen molar-refractivity contribution in [2.24, 2.45) is 4.99 Å². The van der Waals surface area contributed by atoms with Gasteiger partial charge in [0.1, 0.15) is 0 Å². The van der Waals surface area contributed by atoms with Gasteiger partial charge in [0.05, 0.1) is 5.00 Å². The van der Waals surface area contributed by atoms with Crippen molar-refractivity contribution in [2.45, 2.75) is 38.5 Å². The molecule has 1 aromatic rings. The average Bonchev–Trinajstić information content (AvgIpc) is 3.23. The lowest BCUT2D eigenvalue weighted by molar-refractivity contribution is 0.224. The Hall–Kier alpha value is -1.27. The van der Waals surface area contributed by atoms with E-state index in [9.17, 15) is 0 Å². The highest BCUT2D eigenvalue weighted by Crippen LogP contribution is 2.22. The highest BCUT2D eigenvalue weighted by atomic mass is 32.1. The van der Waals surface area contributed by atoms with E-state index in [1.54, 1.807) is 0 Å². The maximum atomic E-state index is 4.50. The predicted molar refractivity (Wildman–Crippen MR) is 114 cm³/mol. The molecule has 0 radical (unpaired) electrons. The van der Waals surface area contributed by atoms with Crippen LogP contribution in [0.2, 0.25) is 0 Å². The number of hydrogen-bond donors (Lipinski definition) is 1. The molecule has 0 saturated carbocycles. The minimum Gasteiger partial charge on any atom is -0.360 e. The third-order valence-electron chi connectivity index (χ3n) is 5.49. The van der Waals surface area contributed by atoms with Crippen LogP contribution in [0.25, 0.3) is 0 Å². The standard InChI is InChI=1S/C20H35N5S/c1-21-20(22-10-4-2-5-11-23-12-6-3-7-13-23)25-16-14-24(15-17-25)19-9-8-18-26-19/h8-9,18H,2-7,10-17H2,1H3,(H,21,22). The van der Waals surface area contributed by atoms with Gasteiger partial charge in [-0.1, -0.05) is 12.8 Å². The molecule has 3 heterocycles. The van der Waals surface area contributed by atoms with Crippen molar-refractivity contribution in [3.8, 4) is 0 Å². The molecule has 5 nitrogen and oxygen atoms in total. The second kappa shape index (κ2) is 10.8. The smallest absolute Gasteiger partial charge is 0.193 e. The van der Waals surface area contributed by atoms with Gasteiger partial charge >= 0.3 is 0 Å². The fraction of sp³-hybridized carbons (Fsp3) is 0.750. The largest absolute Gasteiger partial charge is 0.360 e. The summed E-state index contributed by atoms with van der Waals surface area (Å²) in [6.07, 6.45) is 8.12. The van der Waals surface area contributed by atoms with E-state index in [0.29, 0.717) is 0 Å². The van der Waals surface area contributed by atoms with E-state index in [4.69, 9.17) is 0 Å². The molecule has 0 amide bonds. The van der Waals surface area contributed by atoms with Gasteiger partial charge in [0.2, 0.25) is 0 Å². The van der Waals surface area contributed by atoms with Crippen LogP contribution in [-0.4, -0.2) is 75.2 Å². The maximum absolute atomic E-state index is 4.50. The molecule has 146 valence electrons. The van der Waals surface area contributed by atoms with Crippen molar-refractivity contribution in [3.05, 3.63) is 17.5 Å². The SMILES string of the molecule is CN=C(NCCCCCN1CCCCC1)N1CCN(c2cccs2)CC1. The summed E-state index contributed by atoms with van der Waals surface area (Å²) in [6, 6.07) is 4.36. The second-order valence-electron chi connectivity index (χ2n) is 7.36. The van der Waals surface area contributed by atoms with E-state index in [1.807, 2.05) is 18.4 Å². The molecule has 26 heavy (non-hydrogen) atoms. The Morgan fingerprint density at radius 3 is 2.54 bits per heavy atom. The van der Waals surface area contributed by atoms with Gasteiger partial charge in [0, 0.05) is 39.8 Å². The molecule has 0 bridgehead atoms. The van der Waals surface area contributed by atoms with Crippen molar-refractivity contribution in [1.82, 2.24) is 15.1 Å². The van der Waals surface area contributed by atoms with Gasteiger partial charge in [0.15, 0.2) is 5.96 Å². The highest BCUT2D eigenvalue weighted by molar-refractivity contribution is 7.14. The van der Waals surface area contributed by atoms with Crippen LogP contribution in [0.4, 0.5) is 5.00 Å². The second-order valence-corrected chi connectivity index (χ2v) is 8.29. The van der Waals surface area contributed by atoms with Gasteiger partial charge < -0.3 is 20.0 Å². The summed E-state index contributed by atoms with van der Waals surface area (Å²) in [5.41, 5.74) is 0. The van der Waals surface area contributed by atoms with E-state index in [2.05, 4.69) is 42.5 Å². The summed E-state index contributed by atoms with van der Waals surface area (Å²) in [5, 5.41) is 7.12. The average molecular weight is 378 g/mol. The normalized spacial score (nSPS) is 19.8. The number of nitrogens with zero attached hydrogens (tertiary/aromatic N) is 4. The molecular weight excluding hydrogens is 342 g/mol. The summed E-state index contributed by atoms with van der Waals surface area (Å²) >= 11 is 1.83. The Bertz CT molecular complexity index is 516. The number of nitrogens with one attached hydrogen (secondary N) is 1. The third-order valence-corrected chi connectivity index (χ3v) is 6.42. The van der Waals surface area contributed by atoms with Crippen molar-refractivity contribution >= 4 is 22.3 Å². The number of piperazine rings is 1. The Labute approximate surface area is 163 Å². The molecule has 3 rings (SSSR count). The zero-order chi connectivity index (χ0) is 18.0. The van der Waals surface area contributed by atoms with Crippen LogP contribution in [0.3, 0.4) is 0 Å². The molecule has 2 aliphatic rings. The van der Waals surface area contributed by atoms with Crippen LogP contribution in [0.1, 0.15) is 38.5 Å². The minimum atomic E-state index is 1.04. The quantitative estimate of drug-likeness (QED) is 0.450. The lowest BCUT2D eigenvalue weighted by atomic mass is 10.1. The van der Waals surface area contributed by atoms with Crippen LogP contribution in [0.15, 0.2) is 22.5 Å². The molecule has 2 aliphatic heterocycles. The molecule has 0 aliphatic carbocycles. The zero-order valence-corrected chi connectivity index (χ0v) is 17.1. The molecule has 2 saturated heterocycles. The molecule has 2 fully saturated rings. The summed E-state index contributed by atoms with van der Waals surface area (Å²) in [6.45, 7) is 9.23. The summed E-state index contributed by atoms with van der Waals surface area (Å²) < 4.78 is 0. The Balaban J connectivity index is 1.27. The number of hydrogen-bond acceptors (Lipinski definition) is 4. The zero-order valence-electron chi connectivity index (χ0n) is 16.3. The van der Waals surface area contributed by atoms with E-state index in [0.717, 1.165) is 38.7 Å². The molecule has 1 N–H and O–H groups in total. The van der Waals surface area contributed by atoms with Gasteiger partial charge in [0.25, 0.3) is 0 Å². The number of thiophene rings is 1. The van der Waals surface area contributed by atoms with Crippen LogP contribution in [0, 0.1) is 0 Å². The molecule has 0 aromatic carbocycles. The van der Waals surface area contributed by atoms with Gasteiger partial charge in [-0.15, -0.1) is 11.3 Å². The molecule has 1 aromatic heterocycles. The van der Waals surface area contributed by atoms with Crippen LogP contribution < -0.4 is 10.2 Å². The van der Waals surface area contributed by atoms with Gasteiger partial charge in [-0.05, 0) is 62.8 Å². The van der Waals surface area contributed by atoms with Crippen molar-refractivity contribution in [3.63, 3.8) is 0 Å². The first-order valence-electron chi connectivity index (χ1n) is 10.3. The van der Waals surface area contributed by atoms with Crippen molar-refractivity contribution in [1.29, 1.82) is 0 Å². The number of aliphatic imine (C=N–C) groups is 1. The number of likely N-dealkylation sites (tertiary alicyclic amines) is 1. The molecular formula is C20H35N5S.